The van der Waals surface area contributed by atoms with Gasteiger partial charge in [0.2, 0.25) is 0 Å². The normalized spacial score (nSPS) is 16.5. The Morgan fingerprint density at radius 3 is 2.65 bits per heavy atom. The highest BCUT2D eigenvalue weighted by atomic mass is 16.5. The predicted molar refractivity (Wildman–Crippen MR) is 126 cm³/mol. The number of aliphatic imine (C=N–C) groups is 1. The van der Waals surface area contributed by atoms with Crippen molar-refractivity contribution in [1.82, 2.24) is 25.1 Å². The van der Waals surface area contributed by atoms with Gasteiger partial charge in [0.1, 0.15) is 5.82 Å². The maximum Gasteiger partial charge on any atom is 0.191 e. The molecule has 0 saturated carbocycles. The maximum atomic E-state index is 5.53. The minimum atomic E-state index is 0.493. The van der Waals surface area contributed by atoms with Gasteiger partial charge < -0.3 is 19.9 Å². The van der Waals surface area contributed by atoms with Crippen LogP contribution < -0.4 is 10.6 Å². The molecule has 2 heterocycles. The van der Waals surface area contributed by atoms with Crippen molar-refractivity contribution in [3.05, 3.63) is 54.1 Å². The molecule has 2 N–H and O–H groups in total. The summed E-state index contributed by atoms with van der Waals surface area (Å²) in [6.45, 7) is 10.8. The maximum absolute atomic E-state index is 5.53. The van der Waals surface area contributed by atoms with E-state index in [1.807, 2.05) is 25.5 Å². The van der Waals surface area contributed by atoms with Crippen molar-refractivity contribution in [2.24, 2.45) is 10.9 Å². The van der Waals surface area contributed by atoms with Gasteiger partial charge in [0.05, 0.1) is 13.2 Å². The quantitative estimate of drug-likeness (QED) is 0.451. The van der Waals surface area contributed by atoms with E-state index in [4.69, 9.17) is 4.74 Å². The van der Waals surface area contributed by atoms with Gasteiger partial charge in [-0.3, -0.25) is 9.89 Å². The fourth-order valence-corrected chi connectivity index (χ4v) is 4.07. The average Bonchev–Trinajstić information content (AvgIpc) is 3.23. The molecule has 0 amide bonds. The summed E-state index contributed by atoms with van der Waals surface area (Å²) in [6.07, 6.45) is 5.94. The third kappa shape index (κ3) is 7.67. The van der Waals surface area contributed by atoms with Gasteiger partial charge in [0.25, 0.3) is 0 Å². The third-order valence-corrected chi connectivity index (χ3v) is 5.67. The number of benzene rings is 1. The van der Waals surface area contributed by atoms with Gasteiger partial charge >= 0.3 is 0 Å². The Balaban J connectivity index is 1.46. The number of morpholine rings is 1. The molecule has 7 heteroatoms. The average molecular weight is 427 g/mol. The zero-order valence-electron chi connectivity index (χ0n) is 19.3. The van der Waals surface area contributed by atoms with Crippen molar-refractivity contribution < 1.29 is 4.74 Å². The van der Waals surface area contributed by atoms with Crippen LogP contribution in [0.4, 0.5) is 0 Å². The monoisotopic (exact) mass is 426 g/mol. The zero-order valence-corrected chi connectivity index (χ0v) is 19.3. The van der Waals surface area contributed by atoms with Crippen LogP contribution in [0.2, 0.25) is 0 Å². The zero-order chi connectivity index (χ0) is 21.9. The first-order valence-electron chi connectivity index (χ1n) is 11.5. The molecule has 31 heavy (non-hydrogen) atoms. The van der Waals surface area contributed by atoms with Crippen molar-refractivity contribution in [2.45, 2.75) is 39.3 Å². The molecule has 0 radical (unpaired) electrons. The molecule has 3 rings (SSSR count). The number of nitrogens with zero attached hydrogens (tertiary/aromatic N) is 4. The smallest absolute Gasteiger partial charge is 0.191 e. The van der Waals surface area contributed by atoms with Crippen LogP contribution in [0.15, 0.2) is 47.7 Å². The van der Waals surface area contributed by atoms with Gasteiger partial charge in [-0.1, -0.05) is 44.2 Å². The van der Waals surface area contributed by atoms with E-state index in [-0.39, 0.29) is 0 Å². The number of imidazole rings is 1. The number of ether oxygens (including phenoxy) is 1. The molecule has 1 aliphatic rings. The van der Waals surface area contributed by atoms with E-state index in [1.54, 1.807) is 0 Å². The highest BCUT2D eigenvalue weighted by Gasteiger charge is 2.22. The molecular formula is C24H38N6O. The fraction of sp³-hybridized carbons (Fsp3) is 0.583. The van der Waals surface area contributed by atoms with Gasteiger partial charge in [-0.25, -0.2) is 4.98 Å². The minimum absolute atomic E-state index is 0.493. The first-order valence-corrected chi connectivity index (χ1v) is 11.5. The topological polar surface area (TPSA) is 66.7 Å². The fourth-order valence-electron chi connectivity index (χ4n) is 4.07. The first kappa shape index (κ1) is 23.3. The van der Waals surface area contributed by atoms with E-state index in [2.05, 4.69) is 68.2 Å². The highest BCUT2D eigenvalue weighted by molar-refractivity contribution is 5.79. The molecule has 1 saturated heterocycles. The summed E-state index contributed by atoms with van der Waals surface area (Å²) >= 11 is 0. The Labute approximate surface area is 186 Å². The number of aromatic nitrogens is 2. The van der Waals surface area contributed by atoms with Crippen LogP contribution in [-0.4, -0.2) is 72.9 Å². The van der Waals surface area contributed by atoms with E-state index in [9.17, 15) is 0 Å². The molecule has 1 aliphatic heterocycles. The lowest BCUT2D eigenvalue weighted by atomic mass is 10.0. The molecule has 0 bridgehead atoms. The van der Waals surface area contributed by atoms with Gasteiger partial charge in [-0.15, -0.1) is 0 Å². The Kier molecular flexibility index (Phi) is 9.37. The lowest BCUT2D eigenvalue weighted by Crippen LogP contribution is -2.51. The first-order chi connectivity index (χ1) is 15.2. The molecular weight excluding hydrogens is 388 g/mol. The second kappa shape index (κ2) is 12.5. The molecule has 7 nitrogen and oxygen atoms in total. The van der Waals surface area contributed by atoms with Gasteiger partial charge in [0, 0.05) is 64.6 Å². The van der Waals surface area contributed by atoms with Gasteiger partial charge in [0.15, 0.2) is 5.96 Å². The lowest BCUT2D eigenvalue weighted by Gasteiger charge is -2.35. The Bertz CT molecular complexity index is 782. The number of rotatable bonds is 10. The van der Waals surface area contributed by atoms with Crippen molar-refractivity contribution in [2.75, 3.05) is 46.4 Å². The van der Waals surface area contributed by atoms with Crippen LogP contribution in [-0.2, 0) is 17.7 Å². The summed E-state index contributed by atoms with van der Waals surface area (Å²) in [4.78, 5) is 11.5. The summed E-state index contributed by atoms with van der Waals surface area (Å²) in [6, 6.07) is 11.0. The molecule has 0 spiro atoms. The standard InChI is InChI=1S/C24H38N6O/c1-20(2)17-22(29-13-15-31-16-14-29)18-28-24(25-3)27-10-9-23-26-11-12-30(23)19-21-7-5-4-6-8-21/h4-8,11-12,20,22H,9-10,13-19H2,1-3H3,(H2,25,27,28). The van der Waals surface area contributed by atoms with Crippen molar-refractivity contribution in [1.29, 1.82) is 0 Å². The van der Waals surface area contributed by atoms with Crippen molar-refractivity contribution in [3.8, 4) is 0 Å². The number of hydrogen-bond acceptors (Lipinski definition) is 4. The van der Waals surface area contributed by atoms with E-state index in [1.165, 1.54) is 12.0 Å². The second-order valence-corrected chi connectivity index (χ2v) is 8.52. The van der Waals surface area contributed by atoms with Gasteiger partial charge in [-0.2, -0.15) is 0 Å². The van der Waals surface area contributed by atoms with Crippen molar-refractivity contribution >= 4 is 5.96 Å². The van der Waals surface area contributed by atoms with Crippen LogP contribution in [0.5, 0.6) is 0 Å². The molecule has 2 aromatic rings. The van der Waals surface area contributed by atoms with E-state index in [0.717, 1.165) is 64.1 Å². The van der Waals surface area contributed by atoms with Gasteiger partial charge in [-0.05, 0) is 17.9 Å². The van der Waals surface area contributed by atoms with Crippen LogP contribution in [0.25, 0.3) is 0 Å². The minimum Gasteiger partial charge on any atom is -0.379 e. The SMILES string of the molecule is CN=C(NCCc1nccn1Cc1ccccc1)NCC(CC(C)C)N1CCOCC1. The number of hydrogen-bond donors (Lipinski definition) is 2. The van der Waals surface area contributed by atoms with E-state index in [0.29, 0.717) is 12.0 Å². The molecule has 170 valence electrons. The molecule has 1 aromatic heterocycles. The van der Waals surface area contributed by atoms with Crippen LogP contribution in [0, 0.1) is 5.92 Å². The lowest BCUT2D eigenvalue weighted by molar-refractivity contribution is 0.0132. The predicted octanol–water partition coefficient (Wildman–Crippen LogP) is 2.39. The molecule has 1 unspecified atom stereocenters. The third-order valence-electron chi connectivity index (χ3n) is 5.67. The summed E-state index contributed by atoms with van der Waals surface area (Å²) in [5.74, 6) is 2.59. The molecule has 1 fully saturated rings. The Morgan fingerprint density at radius 2 is 1.94 bits per heavy atom. The summed E-state index contributed by atoms with van der Waals surface area (Å²) in [5, 5.41) is 6.99. The van der Waals surface area contributed by atoms with Crippen LogP contribution >= 0.6 is 0 Å². The molecule has 1 aromatic carbocycles. The van der Waals surface area contributed by atoms with Crippen LogP contribution in [0.3, 0.4) is 0 Å². The number of guanidine groups is 1. The van der Waals surface area contributed by atoms with Crippen LogP contribution in [0.1, 0.15) is 31.7 Å². The Hall–Kier alpha value is -2.38. The van der Waals surface area contributed by atoms with Crippen molar-refractivity contribution in [3.63, 3.8) is 0 Å². The summed E-state index contributed by atoms with van der Waals surface area (Å²) in [7, 11) is 1.83. The van der Waals surface area contributed by atoms with E-state index < -0.39 is 0 Å². The summed E-state index contributed by atoms with van der Waals surface area (Å²) in [5.41, 5.74) is 1.28. The van der Waals surface area contributed by atoms with E-state index >= 15 is 0 Å². The Morgan fingerprint density at radius 1 is 1.16 bits per heavy atom. The number of nitrogens with one attached hydrogen (secondary N) is 2. The molecule has 0 aliphatic carbocycles. The molecule has 1 atom stereocenters. The highest BCUT2D eigenvalue weighted by Crippen LogP contribution is 2.13. The second-order valence-electron chi connectivity index (χ2n) is 8.52. The summed E-state index contributed by atoms with van der Waals surface area (Å²) < 4.78 is 7.74. The largest absolute Gasteiger partial charge is 0.379 e.